The molecular weight excluding hydrogens is 336 g/mol. The normalized spacial score (nSPS) is 13.5. The number of aryl methyl sites for hydroxylation is 2. The van der Waals surface area contributed by atoms with Gasteiger partial charge in [-0.1, -0.05) is 43.3 Å². The molecule has 124 valence electrons. The summed E-state index contributed by atoms with van der Waals surface area (Å²) < 4.78 is 1.81. The largest absolute Gasteiger partial charge is 0.268 e. The first-order chi connectivity index (χ1) is 11.8. The number of hydrogen-bond donors (Lipinski definition) is 0. The molecule has 3 aromatic rings. The third kappa shape index (κ3) is 2.70. The van der Waals surface area contributed by atoms with E-state index in [1.807, 2.05) is 34.9 Å². The minimum Gasteiger partial charge on any atom is -0.268 e. The van der Waals surface area contributed by atoms with Crippen molar-refractivity contribution >= 4 is 33.3 Å². The summed E-state index contributed by atoms with van der Waals surface area (Å²) >= 11 is 3.41. The number of thiophene rings is 1. The second-order valence-electron chi connectivity index (χ2n) is 6.11. The number of thioether (sulfide) groups is 1. The van der Waals surface area contributed by atoms with Crippen LogP contribution in [0.3, 0.4) is 0 Å². The molecule has 0 saturated heterocycles. The highest BCUT2D eigenvalue weighted by Crippen LogP contribution is 2.36. The molecule has 2 aromatic heterocycles. The fourth-order valence-electron chi connectivity index (χ4n) is 3.23. The fourth-order valence-corrected chi connectivity index (χ4v) is 5.63. The number of rotatable bonds is 5. The zero-order chi connectivity index (χ0) is 16.5. The Hall–Kier alpha value is -1.59. The third-order valence-corrected chi connectivity index (χ3v) is 6.66. The highest BCUT2D eigenvalue weighted by atomic mass is 32.2. The molecule has 0 atom stereocenters. The summed E-state index contributed by atoms with van der Waals surface area (Å²) in [6, 6.07) is 9.92. The SMILES string of the molecule is CCCCSc1nc2sc3c(c2c(=O)n1-c1ccccc1)CCC3. The third-order valence-electron chi connectivity index (χ3n) is 4.45. The average Bonchev–Trinajstić information content (AvgIpc) is 3.16. The van der Waals surface area contributed by atoms with Crippen molar-refractivity contribution in [3.63, 3.8) is 0 Å². The van der Waals surface area contributed by atoms with Gasteiger partial charge in [0.15, 0.2) is 5.16 Å². The number of unbranched alkanes of at least 4 members (excludes halogenated alkanes) is 1. The molecule has 2 heterocycles. The lowest BCUT2D eigenvalue weighted by Crippen LogP contribution is -2.21. The number of nitrogens with zero attached hydrogens (tertiary/aromatic N) is 2. The van der Waals surface area contributed by atoms with Gasteiger partial charge in [0.2, 0.25) is 0 Å². The van der Waals surface area contributed by atoms with Gasteiger partial charge in [0.25, 0.3) is 5.56 Å². The van der Waals surface area contributed by atoms with E-state index in [9.17, 15) is 4.79 Å². The van der Waals surface area contributed by atoms with Gasteiger partial charge in [0, 0.05) is 10.6 Å². The maximum absolute atomic E-state index is 13.3. The summed E-state index contributed by atoms with van der Waals surface area (Å²) in [4.78, 5) is 20.5. The van der Waals surface area contributed by atoms with Crippen molar-refractivity contribution < 1.29 is 0 Å². The molecule has 0 radical (unpaired) electrons. The summed E-state index contributed by atoms with van der Waals surface area (Å²) in [6.07, 6.45) is 5.56. The van der Waals surface area contributed by atoms with Gasteiger partial charge >= 0.3 is 0 Å². The topological polar surface area (TPSA) is 34.9 Å². The molecule has 1 aliphatic carbocycles. The van der Waals surface area contributed by atoms with E-state index < -0.39 is 0 Å². The number of aromatic nitrogens is 2. The zero-order valence-corrected chi connectivity index (χ0v) is 15.4. The quantitative estimate of drug-likeness (QED) is 0.373. The van der Waals surface area contributed by atoms with Crippen molar-refractivity contribution in [1.29, 1.82) is 0 Å². The Labute approximate surface area is 149 Å². The number of benzene rings is 1. The Morgan fingerprint density at radius 3 is 2.88 bits per heavy atom. The second kappa shape index (κ2) is 6.73. The van der Waals surface area contributed by atoms with Crippen LogP contribution in [0.25, 0.3) is 15.9 Å². The maximum atomic E-state index is 13.3. The van der Waals surface area contributed by atoms with Gasteiger partial charge in [0.1, 0.15) is 4.83 Å². The van der Waals surface area contributed by atoms with E-state index in [2.05, 4.69) is 6.92 Å². The van der Waals surface area contributed by atoms with Crippen LogP contribution in [-0.2, 0) is 12.8 Å². The standard InChI is InChI=1S/C19H20N2OS2/c1-2-3-12-23-19-20-17-16(14-10-7-11-15(14)24-17)18(22)21(19)13-8-5-4-6-9-13/h4-6,8-9H,2-3,7,10-12H2,1H3. The number of hydrogen-bond acceptors (Lipinski definition) is 4. The van der Waals surface area contributed by atoms with Gasteiger partial charge < -0.3 is 0 Å². The lowest BCUT2D eigenvalue weighted by atomic mass is 10.2. The summed E-state index contributed by atoms with van der Waals surface area (Å²) in [5.74, 6) is 0.992. The van der Waals surface area contributed by atoms with Crippen LogP contribution in [-0.4, -0.2) is 15.3 Å². The lowest BCUT2D eigenvalue weighted by Gasteiger charge is -2.12. The number of fused-ring (bicyclic) bond motifs is 3. The van der Waals surface area contributed by atoms with Crippen molar-refractivity contribution in [1.82, 2.24) is 9.55 Å². The van der Waals surface area contributed by atoms with Crippen molar-refractivity contribution in [3.05, 3.63) is 51.1 Å². The van der Waals surface area contributed by atoms with Gasteiger partial charge in [-0.3, -0.25) is 9.36 Å². The first-order valence-corrected chi connectivity index (χ1v) is 10.4. The molecule has 0 saturated carbocycles. The van der Waals surface area contributed by atoms with Crippen molar-refractivity contribution in [2.75, 3.05) is 5.75 Å². The zero-order valence-electron chi connectivity index (χ0n) is 13.7. The predicted octanol–water partition coefficient (Wildman–Crippen LogP) is 4.83. The molecule has 1 aromatic carbocycles. The van der Waals surface area contributed by atoms with Gasteiger partial charge in [-0.05, 0) is 43.4 Å². The van der Waals surface area contributed by atoms with E-state index in [0.717, 1.165) is 58.9 Å². The van der Waals surface area contributed by atoms with Crippen LogP contribution < -0.4 is 5.56 Å². The molecule has 1 aliphatic rings. The molecule has 0 spiro atoms. The first kappa shape index (κ1) is 15.9. The maximum Gasteiger partial charge on any atom is 0.267 e. The van der Waals surface area contributed by atoms with Crippen molar-refractivity contribution in [3.8, 4) is 5.69 Å². The highest BCUT2D eigenvalue weighted by molar-refractivity contribution is 7.99. The van der Waals surface area contributed by atoms with E-state index in [1.54, 1.807) is 23.1 Å². The molecule has 4 rings (SSSR count). The lowest BCUT2D eigenvalue weighted by molar-refractivity contribution is 0.815. The Kier molecular flexibility index (Phi) is 4.46. The Morgan fingerprint density at radius 1 is 1.25 bits per heavy atom. The Bertz CT molecular complexity index is 928. The van der Waals surface area contributed by atoms with E-state index in [0.29, 0.717) is 0 Å². The van der Waals surface area contributed by atoms with Crippen LogP contribution in [0.5, 0.6) is 0 Å². The molecule has 5 heteroatoms. The minimum absolute atomic E-state index is 0.101. The van der Waals surface area contributed by atoms with Gasteiger partial charge in [-0.2, -0.15) is 0 Å². The van der Waals surface area contributed by atoms with Gasteiger partial charge in [-0.15, -0.1) is 11.3 Å². The molecule has 0 aliphatic heterocycles. The van der Waals surface area contributed by atoms with Crippen LogP contribution in [0, 0.1) is 0 Å². The van der Waals surface area contributed by atoms with Crippen LogP contribution in [0.2, 0.25) is 0 Å². The summed E-state index contributed by atoms with van der Waals surface area (Å²) in [5.41, 5.74) is 2.26. The molecule has 0 amide bonds. The van der Waals surface area contributed by atoms with Crippen molar-refractivity contribution in [2.45, 2.75) is 44.2 Å². The smallest absolute Gasteiger partial charge is 0.267 e. The second-order valence-corrected chi connectivity index (χ2v) is 8.26. The van der Waals surface area contributed by atoms with E-state index in [-0.39, 0.29) is 5.56 Å². The predicted molar refractivity (Wildman–Crippen MR) is 103 cm³/mol. The molecule has 0 bridgehead atoms. The minimum atomic E-state index is 0.101. The van der Waals surface area contributed by atoms with Gasteiger partial charge in [-0.25, -0.2) is 4.98 Å². The first-order valence-electron chi connectivity index (χ1n) is 8.55. The van der Waals surface area contributed by atoms with E-state index in [1.165, 1.54) is 10.4 Å². The van der Waals surface area contributed by atoms with Crippen molar-refractivity contribution in [2.24, 2.45) is 0 Å². The summed E-state index contributed by atoms with van der Waals surface area (Å²) in [6.45, 7) is 2.19. The molecule has 3 nitrogen and oxygen atoms in total. The molecular formula is C19H20N2OS2. The van der Waals surface area contributed by atoms with Crippen LogP contribution in [0.1, 0.15) is 36.6 Å². The Morgan fingerprint density at radius 2 is 2.08 bits per heavy atom. The van der Waals surface area contributed by atoms with Crippen LogP contribution in [0.4, 0.5) is 0 Å². The van der Waals surface area contributed by atoms with Crippen LogP contribution in [0.15, 0.2) is 40.3 Å². The fraction of sp³-hybridized carbons (Fsp3) is 0.368. The molecule has 0 unspecified atom stereocenters. The van der Waals surface area contributed by atoms with E-state index >= 15 is 0 Å². The summed E-state index contributed by atoms with van der Waals surface area (Å²) in [5, 5.41) is 1.68. The van der Waals surface area contributed by atoms with Crippen LogP contribution >= 0.6 is 23.1 Å². The molecule has 24 heavy (non-hydrogen) atoms. The van der Waals surface area contributed by atoms with Gasteiger partial charge in [0.05, 0.1) is 11.1 Å². The van der Waals surface area contributed by atoms with E-state index in [4.69, 9.17) is 4.98 Å². The monoisotopic (exact) mass is 356 g/mol. The summed E-state index contributed by atoms with van der Waals surface area (Å²) in [7, 11) is 0. The molecule has 0 fully saturated rings. The highest BCUT2D eigenvalue weighted by Gasteiger charge is 2.23. The number of para-hydroxylation sites is 1. The Balaban J connectivity index is 1.93. The average molecular weight is 357 g/mol. The molecule has 0 N–H and O–H groups in total.